The Labute approximate surface area is 124 Å². The van der Waals surface area contributed by atoms with Gasteiger partial charge in [0.1, 0.15) is 5.78 Å². The molecule has 0 aliphatic rings. The van der Waals surface area contributed by atoms with Crippen LogP contribution in [0.15, 0.2) is 24.3 Å². The van der Waals surface area contributed by atoms with Crippen molar-refractivity contribution in [3.8, 4) is 11.5 Å². The average Bonchev–Trinajstić information content (AvgIpc) is 2.46. The number of Topliss-reactive ketones (excluding diaryl/α,β-unsaturated/α-hetero) is 1. The van der Waals surface area contributed by atoms with E-state index in [2.05, 4.69) is 0 Å². The largest absolute Gasteiger partial charge is 0.493 e. The van der Waals surface area contributed by atoms with Crippen LogP contribution in [0.3, 0.4) is 0 Å². The second-order valence-electron chi connectivity index (χ2n) is 4.47. The van der Waals surface area contributed by atoms with Crippen molar-refractivity contribution >= 4 is 17.8 Å². The first kappa shape index (κ1) is 16.8. The highest BCUT2D eigenvalue weighted by Crippen LogP contribution is 2.28. The third-order valence-corrected chi connectivity index (χ3v) is 2.77. The maximum absolute atomic E-state index is 11.4. The van der Waals surface area contributed by atoms with Gasteiger partial charge in [-0.2, -0.15) is 0 Å². The first-order valence-electron chi connectivity index (χ1n) is 6.80. The summed E-state index contributed by atoms with van der Waals surface area (Å²) in [5, 5.41) is 8.59. The summed E-state index contributed by atoms with van der Waals surface area (Å²) in [5.41, 5.74) is 0.698. The molecule has 0 heterocycles. The van der Waals surface area contributed by atoms with E-state index >= 15 is 0 Å². The molecule has 0 fully saturated rings. The molecule has 0 bridgehead atoms. The van der Waals surface area contributed by atoms with Crippen LogP contribution in [0.2, 0.25) is 0 Å². The van der Waals surface area contributed by atoms with Crippen molar-refractivity contribution in [1.82, 2.24) is 0 Å². The first-order valence-corrected chi connectivity index (χ1v) is 6.80. The van der Waals surface area contributed by atoms with Crippen LogP contribution in [0.25, 0.3) is 6.08 Å². The van der Waals surface area contributed by atoms with E-state index in [1.807, 2.05) is 6.92 Å². The minimum atomic E-state index is -1.01. The van der Waals surface area contributed by atoms with E-state index in [1.165, 1.54) is 13.2 Å². The molecule has 5 nitrogen and oxygen atoms in total. The molecular formula is C16H20O5. The minimum Gasteiger partial charge on any atom is -0.493 e. The minimum absolute atomic E-state index is 0.178. The summed E-state index contributed by atoms with van der Waals surface area (Å²) in [6.45, 7) is 2.27. The van der Waals surface area contributed by atoms with Crippen LogP contribution in [0.4, 0.5) is 0 Å². The lowest BCUT2D eigenvalue weighted by molar-refractivity contribution is -0.131. The molecule has 114 valence electrons. The summed E-state index contributed by atoms with van der Waals surface area (Å²) in [5.74, 6) is 0.209. The Balaban J connectivity index is 2.66. The molecule has 0 spiro atoms. The van der Waals surface area contributed by atoms with Crippen molar-refractivity contribution in [3.05, 3.63) is 29.8 Å². The Morgan fingerprint density at radius 1 is 1.24 bits per heavy atom. The second kappa shape index (κ2) is 8.79. The highest BCUT2D eigenvalue weighted by Gasteiger charge is 2.06. The SMILES string of the molecule is CCCC(=O)CCOc1ccc(/C=C/C(=O)O)cc1OC. The number of hydrogen-bond acceptors (Lipinski definition) is 4. The van der Waals surface area contributed by atoms with Gasteiger partial charge in [-0.25, -0.2) is 4.79 Å². The van der Waals surface area contributed by atoms with Crippen LogP contribution in [0.5, 0.6) is 11.5 Å². The molecule has 0 aliphatic heterocycles. The molecule has 5 heteroatoms. The van der Waals surface area contributed by atoms with Crippen molar-refractivity contribution in [2.45, 2.75) is 26.2 Å². The van der Waals surface area contributed by atoms with Gasteiger partial charge in [-0.1, -0.05) is 13.0 Å². The smallest absolute Gasteiger partial charge is 0.328 e. The zero-order chi connectivity index (χ0) is 15.7. The number of ether oxygens (including phenoxy) is 2. The fourth-order valence-electron chi connectivity index (χ4n) is 1.75. The molecular weight excluding hydrogens is 272 g/mol. The summed E-state index contributed by atoms with van der Waals surface area (Å²) in [7, 11) is 1.51. The Kier molecular flexibility index (Phi) is 7.01. The third-order valence-electron chi connectivity index (χ3n) is 2.77. The van der Waals surface area contributed by atoms with Crippen LogP contribution in [0, 0.1) is 0 Å². The fourth-order valence-corrected chi connectivity index (χ4v) is 1.75. The summed E-state index contributed by atoms with van der Waals surface area (Å²) < 4.78 is 10.7. The number of carbonyl (C=O) groups excluding carboxylic acids is 1. The quantitative estimate of drug-likeness (QED) is 0.708. The summed E-state index contributed by atoms with van der Waals surface area (Å²) in [4.78, 5) is 21.9. The molecule has 0 atom stereocenters. The number of aliphatic carboxylic acids is 1. The van der Waals surface area contributed by atoms with Gasteiger partial charge in [-0.3, -0.25) is 4.79 Å². The number of ketones is 1. The van der Waals surface area contributed by atoms with E-state index < -0.39 is 5.97 Å². The molecule has 1 N–H and O–H groups in total. The van der Waals surface area contributed by atoms with E-state index in [0.29, 0.717) is 36.5 Å². The predicted molar refractivity (Wildman–Crippen MR) is 79.7 cm³/mol. The Morgan fingerprint density at radius 2 is 2.00 bits per heavy atom. The number of carbonyl (C=O) groups is 2. The number of carboxylic acid groups (broad SMARTS) is 1. The number of carboxylic acids is 1. The molecule has 0 radical (unpaired) electrons. The first-order chi connectivity index (χ1) is 10.1. The maximum Gasteiger partial charge on any atom is 0.328 e. The molecule has 0 saturated heterocycles. The number of methoxy groups -OCH3 is 1. The molecule has 0 amide bonds. The van der Waals surface area contributed by atoms with Gasteiger partial charge in [0.2, 0.25) is 0 Å². The molecule has 0 unspecified atom stereocenters. The highest BCUT2D eigenvalue weighted by atomic mass is 16.5. The summed E-state index contributed by atoms with van der Waals surface area (Å²) >= 11 is 0. The summed E-state index contributed by atoms with van der Waals surface area (Å²) in [6.07, 6.45) is 4.31. The zero-order valence-electron chi connectivity index (χ0n) is 12.3. The van der Waals surface area contributed by atoms with Crippen molar-refractivity contribution in [1.29, 1.82) is 0 Å². The fraction of sp³-hybridized carbons (Fsp3) is 0.375. The van der Waals surface area contributed by atoms with E-state index in [0.717, 1.165) is 12.5 Å². The lowest BCUT2D eigenvalue weighted by Gasteiger charge is -2.11. The summed E-state index contributed by atoms with van der Waals surface area (Å²) in [6, 6.07) is 5.11. The number of hydrogen-bond donors (Lipinski definition) is 1. The van der Waals surface area contributed by atoms with E-state index in [9.17, 15) is 9.59 Å². The van der Waals surface area contributed by atoms with Gasteiger partial charge >= 0.3 is 5.97 Å². The standard InChI is InChI=1S/C16H20O5/c1-3-4-13(17)9-10-21-14-7-5-12(6-8-16(18)19)11-15(14)20-2/h5-8,11H,3-4,9-10H2,1-2H3,(H,18,19)/b8-6+. The van der Waals surface area contributed by atoms with Gasteiger partial charge in [0.05, 0.1) is 13.7 Å². The van der Waals surface area contributed by atoms with Crippen molar-refractivity contribution in [3.63, 3.8) is 0 Å². The predicted octanol–water partition coefficient (Wildman–Crippen LogP) is 2.93. The normalized spacial score (nSPS) is 10.6. The monoisotopic (exact) mass is 292 g/mol. The number of rotatable bonds is 9. The number of benzene rings is 1. The van der Waals surface area contributed by atoms with E-state index in [4.69, 9.17) is 14.6 Å². The Bertz CT molecular complexity index is 519. The van der Waals surface area contributed by atoms with Gasteiger partial charge in [-0.15, -0.1) is 0 Å². The van der Waals surface area contributed by atoms with Gasteiger partial charge < -0.3 is 14.6 Å². The van der Waals surface area contributed by atoms with Crippen LogP contribution >= 0.6 is 0 Å². The Morgan fingerprint density at radius 3 is 2.62 bits per heavy atom. The second-order valence-corrected chi connectivity index (χ2v) is 4.47. The third kappa shape index (κ3) is 6.12. The Hall–Kier alpha value is -2.30. The molecule has 0 aromatic heterocycles. The van der Waals surface area contributed by atoms with Crippen molar-refractivity contribution in [2.75, 3.05) is 13.7 Å². The van der Waals surface area contributed by atoms with Crippen molar-refractivity contribution in [2.24, 2.45) is 0 Å². The topological polar surface area (TPSA) is 72.8 Å². The van der Waals surface area contributed by atoms with Crippen LogP contribution in [0.1, 0.15) is 31.7 Å². The van der Waals surface area contributed by atoms with E-state index in [-0.39, 0.29) is 5.78 Å². The molecule has 1 aromatic rings. The maximum atomic E-state index is 11.4. The lowest BCUT2D eigenvalue weighted by atomic mass is 10.2. The van der Waals surface area contributed by atoms with Crippen LogP contribution in [-0.4, -0.2) is 30.6 Å². The molecule has 1 aromatic carbocycles. The molecule has 1 rings (SSSR count). The molecule has 0 saturated carbocycles. The molecule has 0 aliphatic carbocycles. The zero-order valence-corrected chi connectivity index (χ0v) is 12.3. The van der Waals surface area contributed by atoms with Gasteiger partial charge in [0, 0.05) is 18.9 Å². The highest BCUT2D eigenvalue weighted by molar-refractivity contribution is 5.85. The van der Waals surface area contributed by atoms with E-state index in [1.54, 1.807) is 18.2 Å². The van der Waals surface area contributed by atoms with Crippen molar-refractivity contribution < 1.29 is 24.2 Å². The van der Waals surface area contributed by atoms with Gasteiger partial charge in [0.25, 0.3) is 0 Å². The van der Waals surface area contributed by atoms with Gasteiger partial charge in [-0.05, 0) is 30.2 Å². The lowest BCUT2D eigenvalue weighted by Crippen LogP contribution is -2.06. The van der Waals surface area contributed by atoms with Gasteiger partial charge in [0.15, 0.2) is 11.5 Å². The average molecular weight is 292 g/mol. The van der Waals surface area contributed by atoms with Crippen LogP contribution < -0.4 is 9.47 Å². The van der Waals surface area contributed by atoms with Crippen LogP contribution in [-0.2, 0) is 9.59 Å². The molecule has 21 heavy (non-hydrogen) atoms.